The average Bonchev–Trinajstić information content (AvgIpc) is 3.12. The van der Waals surface area contributed by atoms with E-state index in [0.29, 0.717) is 6.42 Å². The molecule has 0 aromatic heterocycles. The van der Waals surface area contributed by atoms with E-state index < -0.39 is 22.9 Å². The van der Waals surface area contributed by atoms with Crippen molar-refractivity contribution in [2.24, 2.45) is 33.5 Å². The Balaban J connectivity index is 3.00. The number of hydrogen-bond acceptors (Lipinski definition) is 3. The molecule has 0 aliphatic heterocycles. The van der Waals surface area contributed by atoms with Gasteiger partial charge < -0.3 is 15.5 Å². The van der Waals surface area contributed by atoms with Gasteiger partial charge in [-0.25, -0.2) is 0 Å². The number of amides is 1. The zero-order chi connectivity index (χ0) is 22.1. The second kappa shape index (κ2) is 8.33. The Labute approximate surface area is 171 Å². The van der Waals surface area contributed by atoms with E-state index in [-0.39, 0.29) is 35.1 Å². The largest absolute Gasteiger partial charge is 0.481 e. The minimum atomic E-state index is -0.687. The molecule has 1 saturated carbocycles. The predicted octanol–water partition coefficient (Wildman–Crippen LogP) is 4.48. The topological polar surface area (TPSA) is 86.6 Å². The number of carbonyl (C=O) groups is 2. The highest BCUT2D eigenvalue weighted by atomic mass is 16.4. The number of rotatable bonds is 10. The SMILES string of the molecule is CC(O)CNC(=O)C(C)(CC(C)(C)C)C(C)CC(C)(C)CC1(C(=O)O)CC1C. The Kier molecular flexibility index (Phi) is 7.42. The molecule has 1 rings (SSSR count). The van der Waals surface area contributed by atoms with Crippen molar-refractivity contribution in [1.29, 1.82) is 0 Å². The van der Waals surface area contributed by atoms with Crippen LogP contribution in [0.5, 0.6) is 0 Å². The summed E-state index contributed by atoms with van der Waals surface area (Å²) in [5.74, 6) is -0.419. The molecule has 1 fully saturated rings. The molecule has 0 radical (unpaired) electrons. The van der Waals surface area contributed by atoms with Crippen molar-refractivity contribution in [3.05, 3.63) is 0 Å². The summed E-state index contributed by atoms with van der Waals surface area (Å²) in [6.45, 7) is 18.7. The second-order valence-electron chi connectivity index (χ2n) is 11.7. The summed E-state index contributed by atoms with van der Waals surface area (Å²) in [4.78, 5) is 24.9. The zero-order valence-electron chi connectivity index (χ0n) is 19.5. The molecular weight excluding hydrogens is 354 g/mol. The summed E-state index contributed by atoms with van der Waals surface area (Å²) < 4.78 is 0. The minimum Gasteiger partial charge on any atom is -0.481 e. The quantitative estimate of drug-likeness (QED) is 0.507. The van der Waals surface area contributed by atoms with E-state index in [1.165, 1.54) is 0 Å². The first-order valence-electron chi connectivity index (χ1n) is 10.6. The van der Waals surface area contributed by atoms with Crippen molar-refractivity contribution in [3.63, 3.8) is 0 Å². The van der Waals surface area contributed by atoms with Gasteiger partial charge in [-0.1, -0.05) is 55.4 Å². The standard InChI is InChI=1S/C23H43NO4/c1-15(10-21(7,8)14-23(19(27)28)11-16(23)2)22(9,13-20(4,5)6)18(26)24-12-17(3)25/h15-17,25H,10-14H2,1-9H3,(H,24,26)(H,27,28). The number of nitrogens with one attached hydrogen (secondary N) is 1. The van der Waals surface area contributed by atoms with Crippen LogP contribution in [0.2, 0.25) is 0 Å². The van der Waals surface area contributed by atoms with Gasteiger partial charge in [0.2, 0.25) is 5.91 Å². The van der Waals surface area contributed by atoms with Gasteiger partial charge in [0.1, 0.15) is 0 Å². The average molecular weight is 398 g/mol. The molecule has 3 N–H and O–H groups in total. The first kappa shape index (κ1) is 24.9. The van der Waals surface area contributed by atoms with E-state index >= 15 is 0 Å². The van der Waals surface area contributed by atoms with Gasteiger partial charge in [0.15, 0.2) is 0 Å². The molecule has 5 heteroatoms. The van der Waals surface area contributed by atoms with Crippen molar-refractivity contribution in [3.8, 4) is 0 Å². The highest BCUT2D eigenvalue weighted by molar-refractivity contribution is 5.82. The molecule has 0 aromatic carbocycles. The van der Waals surface area contributed by atoms with Crippen LogP contribution in [0.4, 0.5) is 0 Å². The fraction of sp³-hybridized carbons (Fsp3) is 0.913. The molecular formula is C23H43NO4. The van der Waals surface area contributed by atoms with Crippen LogP contribution in [-0.4, -0.2) is 34.7 Å². The number of aliphatic carboxylic acids is 1. The number of carbonyl (C=O) groups excluding carboxylic acids is 1. The molecule has 0 heterocycles. The molecule has 0 aromatic rings. The van der Waals surface area contributed by atoms with E-state index in [0.717, 1.165) is 19.3 Å². The molecule has 5 atom stereocenters. The van der Waals surface area contributed by atoms with Crippen LogP contribution in [-0.2, 0) is 9.59 Å². The van der Waals surface area contributed by atoms with Crippen LogP contribution >= 0.6 is 0 Å². The van der Waals surface area contributed by atoms with Crippen LogP contribution < -0.4 is 5.32 Å². The third-order valence-electron chi connectivity index (χ3n) is 6.59. The van der Waals surface area contributed by atoms with E-state index in [9.17, 15) is 19.8 Å². The van der Waals surface area contributed by atoms with E-state index in [4.69, 9.17) is 0 Å². The number of carboxylic acid groups (broad SMARTS) is 1. The first-order valence-corrected chi connectivity index (χ1v) is 10.6. The Morgan fingerprint density at radius 2 is 1.64 bits per heavy atom. The van der Waals surface area contributed by atoms with Crippen molar-refractivity contribution < 1.29 is 19.8 Å². The number of hydrogen-bond donors (Lipinski definition) is 3. The van der Waals surface area contributed by atoms with Crippen molar-refractivity contribution in [2.75, 3.05) is 6.54 Å². The Morgan fingerprint density at radius 1 is 1.14 bits per heavy atom. The van der Waals surface area contributed by atoms with Crippen molar-refractivity contribution >= 4 is 11.9 Å². The molecule has 5 unspecified atom stereocenters. The number of aliphatic hydroxyl groups is 1. The molecule has 28 heavy (non-hydrogen) atoms. The molecule has 5 nitrogen and oxygen atoms in total. The maximum Gasteiger partial charge on any atom is 0.309 e. The molecule has 0 spiro atoms. The van der Waals surface area contributed by atoms with E-state index in [2.05, 4.69) is 46.9 Å². The number of carboxylic acids is 1. The van der Waals surface area contributed by atoms with Crippen LogP contribution in [0.3, 0.4) is 0 Å². The zero-order valence-corrected chi connectivity index (χ0v) is 19.5. The lowest BCUT2D eigenvalue weighted by atomic mass is 9.62. The Bertz CT molecular complexity index is 578. The fourth-order valence-corrected chi connectivity index (χ4v) is 5.11. The lowest BCUT2D eigenvalue weighted by Crippen LogP contribution is -2.48. The van der Waals surface area contributed by atoms with Gasteiger partial charge in [0.25, 0.3) is 0 Å². The molecule has 1 aliphatic rings. The van der Waals surface area contributed by atoms with Gasteiger partial charge in [0.05, 0.1) is 11.5 Å². The van der Waals surface area contributed by atoms with Crippen LogP contribution in [0.25, 0.3) is 0 Å². The molecule has 1 aliphatic carbocycles. The monoisotopic (exact) mass is 397 g/mol. The molecule has 1 amide bonds. The maximum atomic E-state index is 13.1. The van der Waals surface area contributed by atoms with Crippen LogP contribution in [0.1, 0.15) is 88.0 Å². The molecule has 0 saturated heterocycles. The van der Waals surface area contributed by atoms with Gasteiger partial charge in [-0.2, -0.15) is 0 Å². The summed E-state index contributed by atoms with van der Waals surface area (Å²) in [7, 11) is 0. The summed E-state index contributed by atoms with van der Waals surface area (Å²) in [5, 5.41) is 22.2. The van der Waals surface area contributed by atoms with E-state index in [1.807, 2.05) is 13.8 Å². The summed E-state index contributed by atoms with van der Waals surface area (Å²) >= 11 is 0. The highest BCUT2D eigenvalue weighted by Crippen LogP contribution is 2.60. The van der Waals surface area contributed by atoms with Gasteiger partial charge in [-0.3, -0.25) is 9.59 Å². The van der Waals surface area contributed by atoms with Crippen molar-refractivity contribution in [1.82, 2.24) is 5.32 Å². The smallest absolute Gasteiger partial charge is 0.309 e. The van der Waals surface area contributed by atoms with Gasteiger partial charge in [-0.05, 0) is 55.3 Å². The van der Waals surface area contributed by atoms with Crippen LogP contribution in [0, 0.1) is 33.5 Å². The van der Waals surface area contributed by atoms with Gasteiger partial charge in [-0.15, -0.1) is 0 Å². The minimum absolute atomic E-state index is 0.0252. The first-order chi connectivity index (χ1) is 12.5. The van der Waals surface area contributed by atoms with Crippen LogP contribution in [0.15, 0.2) is 0 Å². The third kappa shape index (κ3) is 6.20. The highest BCUT2D eigenvalue weighted by Gasteiger charge is 2.59. The second-order valence-corrected chi connectivity index (χ2v) is 11.7. The summed E-state index contributed by atoms with van der Waals surface area (Å²) in [5.41, 5.74) is -1.39. The maximum absolute atomic E-state index is 13.1. The predicted molar refractivity (Wildman–Crippen MR) is 113 cm³/mol. The third-order valence-corrected chi connectivity index (χ3v) is 6.59. The number of aliphatic hydroxyl groups excluding tert-OH is 1. The molecule has 164 valence electrons. The lowest BCUT2D eigenvalue weighted by molar-refractivity contribution is -0.146. The van der Waals surface area contributed by atoms with Crippen molar-refractivity contribution in [2.45, 2.75) is 94.1 Å². The summed E-state index contributed by atoms with van der Waals surface area (Å²) in [6, 6.07) is 0. The summed E-state index contributed by atoms with van der Waals surface area (Å²) in [6.07, 6.45) is 2.31. The Hall–Kier alpha value is -1.10. The van der Waals surface area contributed by atoms with E-state index in [1.54, 1.807) is 6.92 Å². The van der Waals surface area contributed by atoms with Gasteiger partial charge in [0, 0.05) is 12.0 Å². The Morgan fingerprint density at radius 3 is 2.00 bits per heavy atom. The fourth-order valence-electron chi connectivity index (χ4n) is 5.11. The normalized spacial score (nSPS) is 26.9. The lowest BCUT2D eigenvalue weighted by Gasteiger charge is -2.42. The molecule has 0 bridgehead atoms. The van der Waals surface area contributed by atoms with Gasteiger partial charge >= 0.3 is 5.97 Å².